The van der Waals surface area contributed by atoms with Gasteiger partial charge < -0.3 is 15.5 Å². The Kier molecular flexibility index (Phi) is 6.07. The number of carbonyl (C=O) groups is 1. The fourth-order valence-corrected chi connectivity index (χ4v) is 1.73. The topological polar surface area (TPSA) is 95.3 Å². The molecule has 0 saturated carbocycles. The minimum atomic E-state index is -1.09. The van der Waals surface area contributed by atoms with Crippen molar-refractivity contribution in [2.75, 3.05) is 18.5 Å². The third-order valence-corrected chi connectivity index (χ3v) is 2.69. The number of carboxylic acid groups (broad SMARTS) is 1. The molecule has 0 amide bonds. The molecule has 1 aromatic heterocycles. The predicted octanol–water partition coefficient (Wildman–Crippen LogP) is 1.39. The van der Waals surface area contributed by atoms with Crippen LogP contribution in [0.2, 0.25) is 0 Å². The Bertz CT molecular complexity index is 361. The largest absolute Gasteiger partial charge is 0.476 e. The molecule has 0 radical (unpaired) electrons. The molecule has 0 spiro atoms. The first-order valence-corrected chi connectivity index (χ1v) is 6.09. The minimum absolute atomic E-state index is 0.0685. The van der Waals surface area contributed by atoms with Crippen molar-refractivity contribution >= 4 is 11.8 Å². The number of nitrogens with zero attached hydrogens (tertiary/aromatic N) is 2. The van der Waals surface area contributed by atoms with E-state index in [1.807, 2.05) is 0 Å². The van der Waals surface area contributed by atoms with Crippen LogP contribution in [-0.4, -0.2) is 39.5 Å². The highest BCUT2D eigenvalue weighted by Crippen LogP contribution is 2.12. The summed E-state index contributed by atoms with van der Waals surface area (Å²) in [6, 6.07) is 3.01. The molecule has 0 aliphatic rings. The molecule has 0 aliphatic carbocycles. The van der Waals surface area contributed by atoms with E-state index in [9.17, 15) is 4.79 Å². The summed E-state index contributed by atoms with van der Waals surface area (Å²) < 4.78 is 0. The van der Waals surface area contributed by atoms with Gasteiger partial charge in [0.15, 0.2) is 5.69 Å². The number of aromatic nitrogens is 2. The molecule has 0 saturated heterocycles. The van der Waals surface area contributed by atoms with Crippen LogP contribution in [0.15, 0.2) is 12.1 Å². The van der Waals surface area contributed by atoms with Crippen LogP contribution in [0.4, 0.5) is 5.82 Å². The highest BCUT2D eigenvalue weighted by Gasteiger charge is 2.08. The van der Waals surface area contributed by atoms with Crippen molar-refractivity contribution in [1.29, 1.82) is 0 Å². The molecule has 0 aliphatic heterocycles. The second-order valence-corrected chi connectivity index (χ2v) is 4.16. The van der Waals surface area contributed by atoms with E-state index in [4.69, 9.17) is 10.2 Å². The number of anilines is 1. The highest BCUT2D eigenvalue weighted by atomic mass is 16.4. The van der Waals surface area contributed by atoms with E-state index < -0.39 is 5.97 Å². The van der Waals surface area contributed by atoms with Crippen molar-refractivity contribution in [3.63, 3.8) is 0 Å². The summed E-state index contributed by atoms with van der Waals surface area (Å²) in [4.78, 5) is 10.6. The summed E-state index contributed by atoms with van der Waals surface area (Å²) in [7, 11) is 0. The van der Waals surface area contributed by atoms with Crippen LogP contribution in [0.1, 0.15) is 36.7 Å². The van der Waals surface area contributed by atoms with Gasteiger partial charge in [0.2, 0.25) is 0 Å². The van der Waals surface area contributed by atoms with Crippen molar-refractivity contribution < 1.29 is 15.0 Å². The summed E-state index contributed by atoms with van der Waals surface area (Å²) in [5.74, 6) is -0.141. The zero-order valence-electron chi connectivity index (χ0n) is 10.5. The zero-order chi connectivity index (χ0) is 13.4. The molecule has 0 bridgehead atoms. The molecule has 1 rings (SSSR count). The van der Waals surface area contributed by atoms with E-state index in [1.165, 1.54) is 6.07 Å². The fraction of sp³-hybridized carbons (Fsp3) is 0.583. The first kappa shape index (κ1) is 14.4. The first-order chi connectivity index (χ1) is 8.67. The number of carboxylic acids is 1. The van der Waals surface area contributed by atoms with Crippen molar-refractivity contribution in [3.8, 4) is 0 Å². The lowest BCUT2D eigenvalue weighted by atomic mass is 10.0. The van der Waals surface area contributed by atoms with Crippen LogP contribution in [0.25, 0.3) is 0 Å². The van der Waals surface area contributed by atoms with Gasteiger partial charge in [0.05, 0.1) is 0 Å². The standard InChI is InChI=1S/C12H19N3O3/c1-2-3-9(6-7-16)8-13-11-5-4-10(12(17)18)14-15-11/h4-5,9,16H,2-3,6-8H2,1H3,(H,13,15)(H,17,18). The normalized spacial score (nSPS) is 12.1. The van der Waals surface area contributed by atoms with E-state index >= 15 is 0 Å². The van der Waals surface area contributed by atoms with Gasteiger partial charge in [-0.05, 0) is 30.9 Å². The number of hydrogen-bond acceptors (Lipinski definition) is 5. The maximum Gasteiger partial charge on any atom is 0.356 e. The maximum absolute atomic E-state index is 10.6. The van der Waals surface area contributed by atoms with Crippen molar-refractivity contribution in [3.05, 3.63) is 17.8 Å². The Labute approximate surface area is 106 Å². The molecule has 18 heavy (non-hydrogen) atoms. The quantitative estimate of drug-likeness (QED) is 0.648. The van der Waals surface area contributed by atoms with Gasteiger partial charge in [0, 0.05) is 13.2 Å². The molecule has 1 atom stereocenters. The molecule has 6 nitrogen and oxygen atoms in total. The number of nitrogens with one attached hydrogen (secondary N) is 1. The van der Waals surface area contributed by atoms with Crippen LogP contribution in [-0.2, 0) is 0 Å². The maximum atomic E-state index is 10.6. The molecule has 1 aromatic rings. The van der Waals surface area contributed by atoms with E-state index in [0.29, 0.717) is 18.3 Å². The van der Waals surface area contributed by atoms with Crippen molar-refractivity contribution in [2.45, 2.75) is 26.2 Å². The van der Waals surface area contributed by atoms with Crippen LogP contribution in [0.5, 0.6) is 0 Å². The van der Waals surface area contributed by atoms with Crippen molar-refractivity contribution in [2.24, 2.45) is 5.92 Å². The smallest absolute Gasteiger partial charge is 0.356 e. The van der Waals surface area contributed by atoms with Crippen LogP contribution >= 0.6 is 0 Å². The van der Waals surface area contributed by atoms with E-state index in [1.54, 1.807) is 6.07 Å². The molecule has 1 unspecified atom stereocenters. The van der Waals surface area contributed by atoms with E-state index in [0.717, 1.165) is 19.3 Å². The van der Waals surface area contributed by atoms with Gasteiger partial charge in [-0.25, -0.2) is 4.79 Å². The Hall–Kier alpha value is -1.69. The monoisotopic (exact) mass is 253 g/mol. The van der Waals surface area contributed by atoms with Gasteiger partial charge in [-0.15, -0.1) is 10.2 Å². The van der Waals surface area contributed by atoms with Crippen LogP contribution < -0.4 is 5.32 Å². The van der Waals surface area contributed by atoms with Gasteiger partial charge in [-0.3, -0.25) is 0 Å². The lowest BCUT2D eigenvalue weighted by Gasteiger charge is -2.15. The first-order valence-electron chi connectivity index (χ1n) is 6.09. The number of rotatable bonds is 8. The lowest BCUT2D eigenvalue weighted by molar-refractivity contribution is 0.0689. The van der Waals surface area contributed by atoms with Gasteiger partial charge in [0.25, 0.3) is 0 Å². The third kappa shape index (κ3) is 4.67. The molecule has 0 aromatic carbocycles. The summed E-state index contributed by atoms with van der Waals surface area (Å²) in [5.41, 5.74) is -0.0685. The molecule has 100 valence electrons. The second-order valence-electron chi connectivity index (χ2n) is 4.16. The van der Waals surface area contributed by atoms with Gasteiger partial charge in [-0.2, -0.15) is 0 Å². The summed E-state index contributed by atoms with van der Waals surface area (Å²) in [6.07, 6.45) is 2.85. The van der Waals surface area contributed by atoms with Crippen LogP contribution in [0.3, 0.4) is 0 Å². The van der Waals surface area contributed by atoms with E-state index in [-0.39, 0.29) is 12.3 Å². The average Bonchev–Trinajstić information content (AvgIpc) is 2.37. The number of aliphatic hydroxyl groups is 1. The molecule has 1 heterocycles. The molecule has 0 fully saturated rings. The third-order valence-electron chi connectivity index (χ3n) is 2.69. The second kappa shape index (κ2) is 7.60. The molecular formula is C12H19N3O3. The van der Waals surface area contributed by atoms with Gasteiger partial charge >= 0.3 is 5.97 Å². The zero-order valence-corrected chi connectivity index (χ0v) is 10.5. The minimum Gasteiger partial charge on any atom is -0.476 e. The Morgan fingerprint density at radius 2 is 2.17 bits per heavy atom. The number of aromatic carboxylic acids is 1. The van der Waals surface area contributed by atoms with Crippen molar-refractivity contribution in [1.82, 2.24) is 10.2 Å². The molecule has 3 N–H and O–H groups in total. The van der Waals surface area contributed by atoms with E-state index in [2.05, 4.69) is 22.4 Å². The van der Waals surface area contributed by atoms with Gasteiger partial charge in [-0.1, -0.05) is 13.3 Å². The molecular weight excluding hydrogens is 234 g/mol. The summed E-state index contributed by atoms with van der Waals surface area (Å²) >= 11 is 0. The van der Waals surface area contributed by atoms with Crippen LogP contribution in [0, 0.1) is 5.92 Å². The Morgan fingerprint density at radius 1 is 1.39 bits per heavy atom. The average molecular weight is 253 g/mol. The summed E-state index contributed by atoms with van der Waals surface area (Å²) in [5, 5.41) is 28.1. The number of hydrogen-bond donors (Lipinski definition) is 3. The SMILES string of the molecule is CCCC(CCO)CNc1ccc(C(=O)O)nn1. The molecule has 6 heteroatoms. The highest BCUT2D eigenvalue weighted by molar-refractivity contribution is 5.85. The van der Waals surface area contributed by atoms with Gasteiger partial charge in [0.1, 0.15) is 5.82 Å². The number of aliphatic hydroxyl groups excluding tert-OH is 1. The Morgan fingerprint density at radius 3 is 2.67 bits per heavy atom. The predicted molar refractivity (Wildman–Crippen MR) is 67.6 cm³/mol. The Balaban J connectivity index is 2.48. The lowest BCUT2D eigenvalue weighted by Crippen LogP contribution is -2.17. The fourth-order valence-electron chi connectivity index (χ4n) is 1.73. The summed E-state index contributed by atoms with van der Waals surface area (Å²) in [6.45, 7) is 2.98.